The minimum atomic E-state index is -1.07. The fourth-order valence-corrected chi connectivity index (χ4v) is 2.54. The van der Waals surface area contributed by atoms with Gasteiger partial charge in [0.15, 0.2) is 0 Å². The predicted octanol–water partition coefficient (Wildman–Crippen LogP) is -0.0326. The molecule has 2 fully saturated rings. The standard InChI is InChI=1S/C10H14O6/c11-8(12)6-3-10(4-7(6)9(13)14)5-15-1-2-16-10/h6-7H,1-5H2,(H,11,12)(H,13,14). The van der Waals surface area contributed by atoms with E-state index in [1.54, 1.807) is 0 Å². The highest BCUT2D eigenvalue weighted by Gasteiger charge is 2.53. The lowest BCUT2D eigenvalue weighted by molar-refractivity contribution is -0.160. The van der Waals surface area contributed by atoms with Gasteiger partial charge in [-0.25, -0.2) is 0 Å². The molecule has 1 saturated heterocycles. The summed E-state index contributed by atoms with van der Waals surface area (Å²) in [6, 6.07) is 0. The molecule has 0 aromatic rings. The van der Waals surface area contributed by atoms with Crippen LogP contribution in [0.2, 0.25) is 0 Å². The number of aliphatic carboxylic acids is 2. The molecule has 0 radical (unpaired) electrons. The molecule has 90 valence electrons. The third-order valence-corrected chi connectivity index (χ3v) is 3.30. The minimum Gasteiger partial charge on any atom is -0.481 e. The Morgan fingerprint density at radius 2 is 1.62 bits per heavy atom. The molecule has 16 heavy (non-hydrogen) atoms. The topological polar surface area (TPSA) is 93.1 Å². The maximum Gasteiger partial charge on any atom is 0.307 e. The lowest BCUT2D eigenvalue weighted by atomic mass is 9.97. The molecular formula is C10H14O6. The minimum absolute atomic E-state index is 0.222. The van der Waals surface area contributed by atoms with Gasteiger partial charge in [0.2, 0.25) is 0 Å². The van der Waals surface area contributed by atoms with Gasteiger partial charge in [0.1, 0.15) is 0 Å². The fourth-order valence-electron chi connectivity index (χ4n) is 2.54. The number of carbonyl (C=O) groups is 2. The summed E-state index contributed by atoms with van der Waals surface area (Å²) in [4.78, 5) is 22.0. The molecule has 0 aromatic carbocycles. The first kappa shape index (κ1) is 11.3. The van der Waals surface area contributed by atoms with Crippen molar-refractivity contribution in [1.29, 1.82) is 0 Å². The first-order chi connectivity index (χ1) is 7.54. The van der Waals surface area contributed by atoms with Crippen LogP contribution >= 0.6 is 0 Å². The smallest absolute Gasteiger partial charge is 0.307 e. The van der Waals surface area contributed by atoms with Crippen molar-refractivity contribution in [3.63, 3.8) is 0 Å². The largest absolute Gasteiger partial charge is 0.481 e. The average molecular weight is 230 g/mol. The van der Waals surface area contributed by atoms with Gasteiger partial charge in [-0.15, -0.1) is 0 Å². The molecule has 1 heterocycles. The molecule has 0 bridgehead atoms. The molecule has 2 unspecified atom stereocenters. The molecular weight excluding hydrogens is 216 g/mol. The number of ether oxygens (including phenoxy) is 2. The Morgan fingerprint density at radius 1 is 1.06 bits per heavy atom. The van der Waals surface area contributed by atoms with E-state index in [0.29, 0.717) is 19.8 Å². The van der Waals surface area contributed by atoms with Gasteiger partial charge in [-0.05, 0) is 12.8 Å². The molecule has 1 aliphatic heterocycles. The van der Waals surface area contributed by atoms with E-state index in [0.717, 1.165) is 0 Å². The van der Waals surface area contributed by atoms with Crippen LogP contribution in [0, 0.1) is 11.8 Å². The summed E-state index contributed by atoms with van der Waals surface area (Å²) in [5.41, 5.74) is -0.704. The summed E-state index contributed by atoms with van der Waals surface area (Å²) in [6.07, 6.45) is 0.443. The SMILES string of the molecule is O=C(O)C1CC2(COCCO2)CC1C(=O)O. The van der Waals surface area contributed by atoms with Gasteiger partial charge in [0, 0.05) is 0 Å². The van der Waals surface area contributed by atoms with E-state index in [9.17, 15) is 9.59 Å². The van der Waals surface area contributed by atoms with E-state index in [-0.39, 0.29) is 12.8 Å². The third-order valence-electron chi connectivity index (χ3n) is 3.30. The molecule has 2 aliphatic rings. The predicted molar refractivity (Wildman–Crippen MR) is 51.0 cm³/mol. The van der Waals surface area contributed by atoms with Crippen LogP contribution in [-0.4, -0.2) is 47.6 Å². The van der Waals surface area contributed by atoms with Crippen LogP contribution in [0.4, 0.5) is 0 Å². The van der Waals surface area contributed by atoms with Gasteiger partial charge in [0.25, 0.3) is 0 Å². The van der Waals surface area contributed by atoms with Gasteiger partial charge in [-0.2, -0.15) is 0 Å². The first-order valence-electron chi connectivity index (χ1n) is 5.21. The summed E-state index contributed by atoms with van der Waals surface area (Å²) < 4.78 is 10.8. The highest BCUT2D eigenvalue weighted by Crippen LogP contribution is 2.43. The maximum atomic E-state index is 11.0. The van der Waals surface area contributed by atoms with Crippen molar-refractivity contribution >= 4 is 11.9 Å². The molecule has 1 aliphatic carbocycles. The van der Waals surface area contributed by atoms with Gasteiger partial charge >= 0.3 is 11.9 Å². The van der Waals surface area contributed by atoms with E-state index in [2.05, 4.69) is 0 Å². The maximum absolute atomic E-state index is 11.0. The van der Waals surface area contributed by atoms with Crippen molar-refractivity contribution in [1.82, 2.24) is 0 Å². The van der Waals surface area contributed by atoms with Crippen LogP contribution in [0.1, 0.15) is 12.8 Å². The average Bonchev–Trinajstić information content (AvgIpc) is 2.59. The van der Waals surface area contributed by atoms with Crippen LogP contribution in [0.5, 0.6) is 0 Å². The highest BCUT2D eigenvalue weighted by molar-refractivity contribution is 5.81. The number of hydrogen-bond acceptors (Lipinski definition) is 4. The summed E-state index contributed by atoms with van der Waals surface area (Å²) in [5, 5.41) is 18.0. The summed E-state index contributed by atoms with van der Waals surface area (Å²) in [6.45, 7) is 1.18. The second kappa shape index (κ2) is 4.03. The van der Waals surface area contributed by atoms with Crippen LogP contribution in [0.3, 0.4) is 0 Å². The molecule has 6 nitrogen and oxygen atoms in total. The number of rotatable bonds is 2. The molecule has 0 aromatic heterocycles. The van der Waals surface area contributed by atoms with Crippen molar-refractivity contribution in [2.45, 2.75) is 18.4 Å². The zero-order valence-corrected chi connectivity index (χ0v) is 8.72. The monoisotopic (exact) mass is 230 g/mol. The van der Waals surface area contributed by atoms with E-state index < -0.39 is 29.4 Å². The van der Waals surface area contributed by atoms with Crippen LogP contribution in [-0.2, 0) is 19.1 Å². The number of carboxylic acids is 2. The molecule has 0 amide bonds. The molecule has 1 spiro atoms. The van der Waals surface area contributed by atoms with E-state index in [1.165, 1.54) is 0 Å². The molecule has 2 N–H and O–H groups in total. The Bertz CT molecular complexity index is 282. The zero-order chi connectivity index (χ0) is 11.8. The van der Waals surface area contributed by atoms with Gasteiger partial charge in [0.05, 0.1) is 37.3 Å². The van der Waals surface area contributed by atoms with Gasteiger partial charge in [-0.1, -0.05) is 0 Å². The third kappa shape index (κ3) is 1.90. The number of hydrogen-bond donors (Lipinski definition) is 2. The summed E-state index contributed by atoms with van der Waals surface area (Å²) in [7, 11) is 0. The second-order valence-electron chi connectivity index (χ2n) is 4.38. The van der Waals surface area contributed by atoms with Gasteiger partial charge in [-0.3, -0.25) is 9.59 Å². The first-order valence-corrected chi connectivity index (χ1v) is 5.21. The Hall–Kier alpha value is -1.14. The second-order valence-corrected chi connectivity index (χ2v) is 4.38. The van der Waals surface area contributed by atoms with Crippen molar-refractivity contribution in [2.75, 3.05) is 19.8 Å². The van der Waals surface area contributed by atoms with E-state index in [4.69, 9.17) is 19.7 Å². The van der Waals surface area contributed by atoms with Crippen molar-refractivity contribution in [2.24, 2.45) is 11.8 Å². The Labute approximate surface area is 92.2 Å². The normalized spacial score (nSPS) is 38.8. The van der Waals surface area contributed by atoms with E-state index >= 15 is 0 Å². The zero-order valence-electron chi connectivity index (χ0n) is 8.72. The van der Waals surface area contributed by atoms with Crippen molar-refractivity contribution in [3.05, 3.63) is 0 Å². The van der Waals surface area contributed by atoms with Crippen molar-refractivity contribution < 1.29 is 29.3 Å². The number of carboxylic acid groups (broad SMARTS) is 2. The van der Waals surface area contributed by atoms with Crippen LogP contribution in [0.15, 0.2) is 0 Å². The fraction of sp³-hybridized carbons (Fsp3) is 0.800. The summed E-state index contributed by atoms with van der Waals surface area (Å²) >= 11 is 0. The van der Waals surface area contributed by atoms with Crippen molar-refractivity contribution in [3.8, 4) is 0 Å². The quantitative estimate of drug-likeness (QED) is 0.691. The van der Waals surface area contributed by atoms with E-state index in [1.807, 2.05) is 0 Å². The Kier molecular flexibility index (Phi) is 2.86. The van der Waals surface area contributed by atoms with Crippen LogP contribution < -0.4 is 0 Å². The molecule has 6 heteroatoms. The molecule has 2 atom stereocenters. The molecule has 2 rings (SSSR count). The lowest BCUT2D eigenvalue weighted by Gasteiger charge is -2.33. The molecule has 1 saturated carbocycles. The lowest BCUT2D eigenvalue weighted by Crippen LogP contribution is -2.41. The highest BCUT2D eigenvalue weighted by atomic mass is 16.6. The summed E-state index contributed by atoms with van der Waals surface area (Å²) in [5.74, 6) is -3.89. The van der Waals surface area contributed by atoms with Gasteiger partial charge < -0.3 is 19.7 Å². The Balaban J connectivity index is 2.16. The Morgan fingerprint density at radius 3 is 2.00 bits per heavy atom. The van der Waals surface area contributed by atoms with Crippen LogP contribution in [0.25, 0.3) is 0 Å².